The fraction of sp³-hybridized carbons (Fsp3) is 0.385. The maximum Gasteiger partial charge on any atom is 0.330 e. The quantitative estimate of drug-likeness (QED) is 0.637. The molecule has 0 spiro atoms. The van der Waals surface area contributed by atoms with Crippen LogP contribution in [0.5, 0.6) is 0 Å². The maximum atomic E-state index is 12.0. The van der Waals surface area contributed by atoms with Crippen molar-refractivity contribution in [1.29, 1.82) is 0 Å². The third kappa shape index (κ3) is 2.11. The predicted octanol–water partition coefficient (Wildman–Crippen LogP) is 0.341. The van der Waals surface area contributed by atoms with Gasteiger partial charge in [0.1, 0.15) is 24.1 Å². The SMILES string of the molecule is N[C@@H]1C(=O)N2C(C(=O)OCc3ccccc3)CS[C@H]12. The number of β-lactam (4-membered cyclic amide) rings is 1. The van der Waals surface area contributed by atoms with Gasteiger partial charge in [-0.1, -0.05) is 30.3 Å². The molecule has 0 aromatic heterocycles. The van der Waals surface area contributed by atoms with E-state index in [9.17, 15) is 9.59 Å². The number of nitrogens with zero attached hydrogens (tertiary/aromatic N) is 1. The van der Waals surface area contributed by atoms with E-state index in [4.69, 9.17) is 10.5 Å². The maximum absolute atomic E-state index is 12.0. The molecule has 2 aliphatic heterocycles. The van der Waals surface area contributed by atoms with E-state index in [1.165, 1.54) is 0 Å². The molecule has 3 rings (SSSR count). The average molecular weight is 278 g/mol. The molecule has 2 N–H and O–H groups in total. The smallest absolute Gasteiger partial charge is 0.330 e. The van der Waals surface area contributed by atoms with Gasteiger partial charge in [-0.2, -0.15) is 0 Å². The molecular formula is C13H14N2O3S. The van der Waals surface area contributed by atoms with Crippen molar-refractivity contribution >= 4 is 23.6 Å². The second-order valence-electron chi connectivity index (χ2n) is 4.60. The summed E-state index contributed by atoms with van der Waals surface area (Å²) >= 11 is 1.54. The Kier molecular flexibility index (Phi) is 3.20. The molecule has 3 atom stereocenters. The molecule has 1 unspecified atom stereocenters. The van der Waals surface area contributed by atoms with E-state index in [2.05, 4.69) is 0 Å². The highest BCUT2D eigenvalue weighted by atomic mass is 32.2. The zero-order valence-electron chi connectivity index (χ0n) is 10.2. The van der Waals surface area contributed by atoms with Crippen molar-refractivity contribution < 1.29 is 14.3 Å². The van der Waals surface area contributed by atoms with Crippen molar-refractivity contribution in [2.45, 2.75) is 24.1 Å². The van der Waals surface area contributed by atoms with E-state index in [1.807, 2.05) is 30.3 Å². The molecule has 0 bridgehead atoms. The topological polar surface area (TPSA) is 72.6 Å². The standard InChI is InChI=1S/C13H14N2O3S/c14-10-11(16)15-9(7-19-12(10)15)13(17)18-6-8-4-2-1-3-5-8/h1-5,9-10,12H,6-7,14H2/t9?,10-,12-/m1/s1. The van der Waals surface area contributed by atoms with Gasteiger partial charge in [0.25, 0.3) is 0 Å². The molecule has 100 valence electrons. The number of fused-ring (bicyclic) bond motifs is 1. The predicted molar refractivity (Wildman–Crippen MR) is 71.1 cm³/mol. The zero-order chi connectivity index (χ0) is 13.4. The van der Waals surface area contributed by atoms with Gasteiger partial charge in [0.2, 0.25) is 5.91 Å². The van der Waals surface area contributed by atoms with Crippen molar-refractivity contribution in [2.24, 2.45) is 5.73 Å². The number of benzene rings is 1. The summed E-state index contributed by atoms with van der Waals surface area (Å²) in [6.45, 7) is 0.236. The molecule has 0 aliphatic carbocycles. The van der Waals surface area contributed by atoms with E-state index in [1.54, 1.807) is 16.7 Å². The van der Waals surface area contributed by atoms with Gasteiger partial charge in [-0.3, -0.25) is 4.79 Å². The van der Waals surface area contributed by atoms with Crippen molar-refractivity contribution in [3.05, 3.63) is 35.9 Å². The molecule has 5 nitrogen and oxygen atoms in total. The molecule has 19 heavy (non-hydrogen) atoms. The summed E-state index contributed by atoms with van der Waals surface area (Å²) in [5, 5.41) is -0.0539. The molecule has 0 radical (unpaired) electrons. The van der Waals surface area contributed by atoms with Gasteiger partial charge in [-0.25, -0.2) is 4.79 Å². The van der Waals surface area contributed by atoms with Crippen LogP contribution in [0.25, 0.3) is 0 Å². The Labute approximate surface area is 115 Å². The summed E-state index contributed by atoms with van der Waals surface area (Å²) < 4.78 is 5.26. The molecular weight excluding hydrogens is 264 g/mol. The fourth-order valence-electron chi connectivity index (χ4n) is 2.30. The van der Waals surface area contributed by atoms with Crippen LogP contribution in [0.1, 0.15) is 5.56 Å². The molecule has 2 saturated heterocycles. The number of esters is 1. The summed E-state index contributed by atoms with van der Waals surface area (Å²) in [7, 11) is 0. The van der Waals surface area contributed by atoms with Crippen LogP contribution >= 0.6 is 11.8 Å². The minimum Gasteiger partial charge on any atom is -0.459 e. The second-order valence-corrected chi connectivity index (χ2v) is 5.75. The summed E-state index contributed by atoms with van der Waals surface area (Å²) in [6.07, 6.45) is 0. The van der Waals surface area contributed by atoms with E-state index < -0.39 is 12.1 Å². The van der Waals surface area contributed by atoms with Crippen molar-refractivity contribution in [2.75, 3.05) is 5.75 Å². The highest BCUT2D eigenvalue weighted by molar-refractivity contribution is 8.00. The first-order valence-corrected chi connectivity index (χ1v) is 7.13. The first-order valence-electron chi connectivity index (χ1n) is 6.08. The molecule has 2 aliphatic rings. The van der Waals surface area contributed by atoms with Crippen LogP contribution in [0, 0.1) is 0 Å². The highest BCUT2D eigenvalue weighted by Crippen LogP contribution is 2.38. The van der Waals surface area contributed by atoms with Crippen molar-refractivity contribution in [1.82, 2.24) is 4.90 Å². The summed E-state index contributed by atoms with van der Waals surface area (Å²) in [4.78, 5) is 25.1. The van der Waals surface area contributed by atoms with Gasteiger partial charge >= 0.3 is 5.97 Å². The summed E-state index contributed by atoms with van der Waals surface area (Å²) in [5.41, 5.74) is 6.61. The van der Waals surface area contributed by atoms with Crippen molar-refractivity contribution in [3.8, 4) is 0 Å². The lowest BCUT2D eigenvalue weighted by molar-refractivity contribution is -0.161. The Balaban J connectivity index is 1.58. The molecule has 2 fully saturated rings. The molecule has 2 heterocycles. The minimum atomic E-state index is -0.481. The second kappa shape index (κ2) is 4.86. The van der Waals surface area contributed by atoms with E-state index in [-0.39, 0.29) is 23.9 Å². The first-order chi connectivity index (χ1) is 9.18. The molecule has 1 amide bonds. The minimum absolute atomic E-state index is 0.0539. The number of rotatable bonds is 3. The number of carbonyl (C=O) groups excluding carboxylic acids is 2. The van der Waals surface area contributed by atoms with Crippen LogP contribution in [0.2, 0.25) is 0 Å². The van der Waals surface area contributed by atoms with Gasteiger partial charge in [0.15, 0.2) is 0 Å². The lowest BCUT2D eigenvalue weighted by Gasteiger charge is -2.41. The monoisotopic (exact) mass is 278 g/mol. The zero-order valence-corrected chi connectivity index (χ0v) is 11.0. The number of ether oxygens (including phenoxy) is 1. The van der Waals surface area contributed by atoms with Crippen LogP contribution in [0.3, 0.4) is 0 Å². The Morgan fingerprint density at radius 3 is 2.89 bits per heavy atom. The first kappa shape index (κ1) is 12.5. The Bertz CT molecular complexity index is 508. The van der Waals surface area contributed by atoms with Crippen LogP contribution in [-0.4, -0.2) is 40.0 Å². The normalized spacial score (nSPS) is 28.8. The number of hydrogen-bond donors (Lipinski definition) is 1. The third-order valence-corrected chi connectivity index (χ3v) is 4.75. The van der Waals surface area contributed by atoms with Gasteiger partial charge in [0, 0.05) is 5.75 Å². The van der Waals surface area contributed by atoms with Crippen molar-refractivity contribution in [3.63, 3.8) is 0 Å². The highest BCUT2D eigenvalue weighted by Gasteiger charge is 2.55. The molecule has 6 heteroatoms. The number of amides is 1. The number of thioether (sulfide) groups is 1. The molecule has 1 aromatic rings. The van der Waals surface area contributed by atoms with E-state index in [0.29, 0.717) is 5.75 Å². The number of carbonyl (C=O) groups is 2. The van der Waals surface area contributed by atoms with Crippen LogP contribution in [-0.2, 0) is 20.9 Å². The lowest BCUT2D eigenvalue weighted by Crippen LogP contribution is -2.68. The summed E-state index contributed by atoms with van der Waals surface area (Å²) in [5.74, 6) is 0.0633. The largest absolute Gasteiger partial charge is 0.459 e. The van der Waals surface area contributed by atoms with Crippen LogP contribution in [0.4, 0.5) is 0 Å². The van der Waals surface area contributed by atoms with E-state index >= 15 is 0 Å². The Morgan fingerprint density at radius 2 is 2.16 bits per heavy atom. The van der Waals surface area contributed by atoms with Gasteiger partial charge in [-0.05, 0) is 5.56 Å². The molecule has 1 aromatic carbocycles. The number of hydrogen-bond acceptors (Lipinski definition) is 5. The molecule has 0 saturated carbocycles. The van der Waals surface area contributed by atoms with Crippen LogP contribution < -0.4 is 5.73 Å². The van der Waals surface area contributed by atoms with Gasteiger partial charge in [-0.15, -0.1) is 11.8 Å². The lowest BCUT2D eigenvalue weighted by atomic mass is 10.1. The fourth-order valence-corrected chi connectivity index (χ4v) is 3.71. The van der Waals surface area contributed by atoms with Gasteiger partial charge in [0.05, 0.1) is 0 Å². The number of nitrogens with two attached hydrogens (primary N) is 1. The summed E-state index contributed by atoms with van der Waals surface area (Å²) in [6, 6.07) is 8.53. The average Bonchev–Trinajstić information content (AvgIpc) is 2.86. The van der Waals surface area contributed by atoms with E-state index in [0.717, 1.165) is 5.56 Å². The third-order valence-electron chi connectivity index (χ3n) is 3.38. The Morgan fingerprint density at radius 1 is 1.42 bits per heavy atom. The van der Waals surface area contributed by atoms with Gasteiger partial charge < -0.3 is 15.4 Å². The van der Waals surface area contributed by atoms with Crippen LogP contribution in [0.15, 0.2) is 30.3 Å². The Hall–Kier alpha value is -1.53.